The number of rotatable bonds is 27. The fourth-order valence-corrected chi connectivity index (χ4v) is 9.90. The van der Waals surface area contributed by atoms with Crippen molar-refractivity contribution in [2.75, 3.05) is 13.2 Å². The molecule has 2 unspecified atom stereocenters. The first-order chi connectivity index (χ1) is 35.3. The molecule has 13 atom stereocenters. The van der Waals surface area contributed by atoms with E-state index in [1.54, 1.807) is 6.08 Å². The van der Waals surface area contributed by atoms with Gasteiger partial charge in [0.05, 0.1) is 24.9 Å². The monoisotopic (exact) mass is 1100 g/mol. The Balaban J connectivity index is 2.23. The van der Waals surface area contributed by atoms with Crippen LogP contribution >= 0.6 is 15.6 Å². The number of esters is 2. The zero-order chi connectivity index (χ0) is 54.8. The SMILES string of the molecule is CCCCCC/C=C\C/C=C\C/C=C\CCCCCCCCC(=O)O[C@@H]1COC(=O)CCCC=CC[C@@H]2[C@@H](O)[C@H](O)[C@@H](O)[C@H](OP(=O)(O)OC1)[C@H](OP(=O)(O)O)[C@H](O)[C@@H](/C=C/[C@@H](O)CCCCC)OC(O)C[C@@H]2O. The molecule has 0 saturated carbocycles. The maximum absolute atomic E-state index is 13.8. The zero-order valence-corrected chi connectivity index (χ0v) is 45.3. The summed E-state index contributed by atoms with van der Waals surface area (Å²) in [5.41, 5.74) is 0. The highest BCUT2D eigenvalue weighted by atomic mass is 31.2. The molecule has 1 fully saturated rings. The van der Waals surface area contributed by atoms with Gasteiger partial charge in [0.1, 0.15) is 43.2 Å². The summed E-state index contributed by atoms with van der Waals surface area (Å²) in [5.74, 6) is -2.90. The highest BCUT2D eigenvalue weighted by Crippen LogP contribution is 2.49. The highest BCUT2D eigenvalue weighted by Gasteiger charge is 2.50. The molecule has 0 aliphatic carbocycles. The number of cyclic esters (lactones) is 1. The lowest BCUT2D eigenvalue weighted by molar-refractivity contribution is -0.210. The lowest BCUT2D eigenvalue weighted by Gasteiger charge is -2.41. The molecule has 0 radical (unpaired) electrons. The number of aliphatic hydroxyl groups is 7. The largest absolute Gasteiger partial charge is 0.472 e. The van der Waals surface area contributed by atoms with Crippen LogP contribution in [0.3, 0.4) is 0 Å². The van der Waals surface area contributed by atoms with Gasteiger partial charge < -0.3 is 64.6 Å². The van der Waals surface area contributed by atoms with Gasteiger partial charge in [-0.05, 0) is 70.6 Å². The molecule has 74 heavy (non-hydrogen) atoms. The van der Waals surface area contributed by atoms with Crippen molar-refractivity contribution in [2.24, 2.45) is 5.92 Å². The summed E-state index contributed by atoms with van der Waals surface area (Å²) in [6, 6.07) is 0. The Labute approximate surface area is 438 Å². The number of ether oxygens (including phenoxy) is 3. The van der Waals surface area contributed by atoms with Crippen LogP contribution in [0.15, 0.2) is 60.8 Å². The normalized spacial score (nSPS) is 30.3. The lowest BCUT2D eigenvalue weighted by atomic mass is 9.83. The van der Waals surface area contributed by atoms with E-state index in [1.807, 2.05) is 6.92 Å². The van der Waals surface area contributed by atoms with Crippen LogP contribution in [0.2, 0.25) is 0 Å². The first-order valence-electron chi connectivity index (χ1n) is 26.7. The number of allylic oxidation sites excluding steroid dienone is 8. The maximum atomic E-state index is 13.8. The first kappa shape index (κ1) is 67.6. The van der Waals surface area contributed by atoms with E-state index in [2.05, 4.69) is 43.4 Å². The number of phosphoric acid groups is 2. The van der Waals surface area contributed by atoms with Gasteiger partial charge in [-0.3, -0.25) is 23.2 Å². The number of hydrogen-bond acceptors (Lipinski definition) is 17. The predicted octanol–water partition coefficient (Wildman–Crippen LogP) is 7.12. The molecule has 0 aromatic carbocycles. The van der Waals surface area contributed by atoms with Gasteiger partial charge in [-0.2, -0.15) is 0 Å². The minimum atomic E-state index is -5.80. The number of carbonyl (C=O) groups is 2. The van der Waals surface area contributed by atoms with Gasteiger partial charge in [0.2, 0.25) is 0 Å². The van der Waals surface area contributed by atoms with E-state index >= 15 is 0 Å². The van der Waals surface area contributed by atoms with Crippen molar-refractivity contribution >= 4 is 27.6 Å². The summed E-state index contributed by atoms with van der Waals surface area (Å²) >= 11 is 0. The third kappa shape index (κ3) is 30.5. The van der Waals surface area contributed by atoms with Crippen LogP contribution in [0.1, 0.15) is 168 Å². The Hall–Kier alpha value is -2.46. The van der Waals surface area contributed by atoms with Gasteiger partial charge in [0.25, 0.3) is 0 Å². The second-order valence-electron chi connectivity index (χ2n) is 19.1. The number of phosphoric ester groups is 2. The number of unbranched alkanes of at least 4 members (excludes halogenated alkanes) is 12. The Morgan fingerprint density at radius 3 is 2.05 bits per heavy atom. The van der Waals surface area contributed by atoms with Crippen LogP contribution in [-0.2, 0) is 46.5 Å². The zero-order valence-electron chi connectivity index (χ0n) is 43.5. The van der Waals surface area contributed by atoms with Gasteiger partial charge >= 0.3 is 27.6 Å². The topological polar surface area (TPSA) is 326 Å². The standard InChI is InChI=1S/C52H90O20P2/c1-3-5-7-8-9-10-11-12-13-14-15-16-17-18-19-20-21-22-23-29-33-45(56)69-40-37-67-44(55)32-28-25-24-27-31-41-42(54)36-46(57)70-43(35-34-39(53)30-26-6-4-2)48(59)51(71-73(62,63)64)52(50(61)49(60)47(41)58)72-74(65,66)68-38-40/h10-11,13-14,16-17,24,27,34-35,39-43,46-54,57-61H,3-9,12,15,18-23,25-26,28-33,36-38H2,1-2H3,(H,65,66)(H2,62,63,64)/b11-10-,14-13-,17-16-,27-24?,35-34+/t39-,40+,41-,42-,43+,46?,47+,48+,49-,50+,51+,52-/m0/s1. The van der Waals surface area contributed by atoms with Gasteiger partial charge in [-0.15, -0.1) is 0 Å². The van der Waals surface area contributed by atoms with E-state index < -0.39 is 120 Å². The van der Waals surface area contributed by atoms with E-state index in [1.165, 1.54) is 31.8 Å². The molecule has 2 rings (SSSR count). The minimum absolute atomic E-state index is 0.0549. The molecule has 2 bridgehead atoms. The molecular weight excluding hydrogens is 1010 g/mol. The molecule has 1 saturated heterocycles. The van der Waals surface area contributed by atoms with E-state index in [0.29, 0.717) is 19.3 Å². The Bertz CT molecular complexity index is 1770. The maximum Gasteiger partial charge on any atom is 0.472 e. The van der Waals surface area contributed by atoms with Crippen LogP contribution < -0.4 is 0 Å². The van der Waals surface area contributed by atoms with Crippen LogP contribution in [0.5, 0.6) is 0 Å². The summed E-state index contributed by atoms with van der Waals surface area (Å²) in [6.45, 7) is 2.52. The van der Waals surface area contributed by atoms with Crippen molar-refractivity contribution in [3.05, 3.63) is 60.8 Å². The van der Waals surface area contributed by atoms with Gasteiger partial charge in [-0.1, -0.05) is 139 Å². The van der Waals surface area contributed by atoms with E-state index in [-0.39, 0.29) is 38.5 Å². The third-order valence-corrected chi connectivity index (χ3v) is 14.1. The number of carbonyl (C=O) groups excluding carboxylic acids is 2. The van der Waals surface area contributed by atoms with Crippen molar-refractivity contribution in [1.29, 1.82) is 0 Å². The Kier molecular flexibility index (Phi) is 35.6. The van der Waals surface area contributed by atoms with Crippen molar-refractivity contribution in [3.63, 3.8) is 0 Å². The molecule has 2 heterocycles. The molecule has 20 nitrogen and oxygen atoms in total. The Morgan fingerprint density at radius 2 is 1.41 bits per heavy atom. The number of fused-ring (bicyclic) bond motifs is 4. The van der Waals surface area contributed by atoms with Crippen LogP contribution in [0.4, 0.5) is 0 Å². The summed E-state index contributed by atoms with van der Waals surface area (Å²) in [6.07, 6.45) is 10.8. The minimum Gasteiger partial charge on any atom is -0.462 e. The van der Waals surface area contributed by atoms with Crippen molar-refractivity contribution in [3.8, 4) is 0 Å². The summed E-state index contributed by atoms with van der Waals surface area (Å²) in [4.78, 5) is 57.0. The van der Waals surface area contributed by atoms with Gasteiger partial charge in [0.15, 0.2) is 12.4 Å². The average molecular weight is 1100 g/mol. The number of aliphatic hydroxyl groups excluding tert-OH is 7. The van der Waals surface area contributed by atoms with Crippen molar-refractivity contribution in [1.82, 2.24) is 0 Å². The fourth-order valence-electron chi connectivity index (χ4n) is 8.37. The summed E-state index contributed by atoms with van der Waals surface area (Å²) in [7, 11) is -11.5. The van der Waals surface area contributed by atoms with Crippen molar-refractivity contribution < 1.29 is 96.9 Å². The average Bonchev–Trinajstić information content (AvgIpc) is 3.34. The Morgan fingerprint density at radius 1 is 0.797 bits per heavy atom. The van der Waals surface area contributed by atoms with E-state index in [9.17, 15) is 69.1 Å². The van der Waals surface area contributed by atoms with E-state index in [4.69, 9.17) is 27.8 Å². The van der Waals surface area contributed by atoms with Crippen molar-refractivity contribution in [2.45, 2.75) is 235 Å². The first-order valence-corrected chi connectivity index (χ1v) is 29.8. The van der Waals surface area contributed by atoms with Crippen LogP contribution in [0.25, 0.3) is 0 Å². The smallest absolute Gasteiger partial charge is 0.462 e. The lowest BCUT2D eigenvalue weighted by Crippen LogP contribution is -2.58. The summed E-state index contributed by atoms with van der Waals surface area (Å²) in [5, 5.41) is 79.2. The third-order valence-electron chi connectivity index (χ3n) is 12.6. The van der Waals surface area contributed by atoms with Crippen LogP contribution in [-0.4, -0.2) is 143 Å². The van der Waals surface area contributed by atoms with E-state index in [0.717, 1.165) is 76.4 Å². The number of hydrogen-bond donors (Lipinski definition) is 10. The molecule has 0 amide bonds. The molecule has 0 aromatic heterocycles. The fraction of sp³-hybridized carbons (Fsp3) is 0.769. The molecule has 2 aliphatic heterocycles. The molecule has 428 valence electrons. The predicted molar refractivity (Wildman–Crippen MR) is 277 cm³/mol. The second kappa shape index (κ2) is 39.0. The molecule has 10 N–H and O–H groups in total. The van der Waals surface area contributed by atoms with Gasteiger partial charge in [0, 0.05) is 25.2 Å². The second-order valence-corrected chi connectivity index (χ2v) is 21.7. The molecule has 22 heteroatoms. The quantitative estimate of drug-likeness (QED) is 0.0169. The molecule has 0 aromatic rings. The molecule has 2 aliphatic rings. The summed E-state index contributed by atoms with van der Waals surface area (Å²) < 4.78 is 58.0. The van der Waals surface area contributed by atoms with Gasteiger partial charge in [-0.25, -0.2) is 9.13 Å². The molecular formula is C52H90O20P2. The highest BCUT2D eigenvalue weighted by molar-refractivity contribution is 7.47. The molecule has 0 spiro atoms. The van der Waals surface area contributed by atoms with Crippen LogP contribution in [0, 0.1) is 5.92 Å².